The maximum atomic E-state index is 13.1. The number of phosphoric ester groups is 2. The molecule has 0 saturated heterocycles. The number of phosphoric acid groups is 2. The SMILES string of the molecule is CCCCCCCCCCCCCCCCCCC(=O)OC[C@H](COP(=O)(O)OC[C@@H](O)COP(=O)(O)OC[C@@H](COC(=O)CCCCCCCCCCCCCC)OC(=O)CCCCCCCCCCCCCCCCC)OC(=O)CCCCCCCCCCCCCCCCC(C)C. The highest BCUT2D eigenvalue weighted by molar-refractivity contribution is 7.47. The van der Waals surface area contributed by atoms with Gasteiger partial charge in [0.1, 0.15) is 19.3 Å². The van der Waals surface area contributed by atoms with E-state index in [1.165, 1.54) is 257 Å². The summed E-state index contributed by atoms with van der Waals surface area (Å²) in [6.45, 7) is 7.36. The Morgan fingerprint density at radius 2 is 0.460 bits per heavy atom. The van der Waals surface area contributed by atoms with Gasteiger partial charge < -0.3 is 33.8 Å². The lowest BCUT2D eigenvalue weighted by Crippen LogP contribution is -2.30. The van der Waals surface area contributed by atoms with Crippen molar-refractivity contribution in [1.29, 1.82) is 0 Å². The lowest BCUT2D eigenvalue weighted by molar-refractivity contribution is -0.161. The Balaban J connectivity index is 5.26. The zero-order chi connectivity index (χ0) is 73.4. The second-order valence-corrected chi connectivity index (χ2v) is 32.5. The molecule has 0 aromatic carbocycles. The maximum Gasteiger partial charge on any atom is 0.472 e. The van der Waals surface area contributed by atoms with Gasteiger partial charge in [0.25, 0.3) is 0 Å². The molecule has 0 aromatic rings. The summed E-state index contributed by atoms with van der Waals surface area (Å²) in [6.07, 6.45) is 65.0. The number of esters is 4. The van der Waals surface area contributed by atoms with E-state index in [2.05, 4.69) is 34.6 Å². The molecule has 594 valence electrons. The van der Waals surface area contributed by atoms with Crippen LogP contribution in [0.1, 0.15) is 433 Å². The van der Waals surface area contributed by atoms with Crippen molar-refractivity contribution in [3.63, 3.8) is 0 Å². The van der Waals surface area contributed by atoms with Crippen LogP contribution in [0.4, 0.5) is 0 Å². The Bertz CT molecular complexity index is 1910. The molecule has 0 aromatic heterocycles. The van der Waals surface area contributed by atoms with Crippen molar-refractivity contribution >= 4 is 39.5 Å². The molecule has 0 aliphatic heterocycles. The van der Waals surface area contributed by atoms with Gasteiger partial charge in [0.2, 0.25) is 0 Å². The fourth-order valence-corrected chi connectivity index (χ4v) is 14.2. The van der Waals surface area contributed by atoms with Crippen LogP contribution in [0.3, 0.4) is 0 Å². The number of rotatable bonds is 81. The molecule has 5 atom stereocenters. The van der Waals surface area contributed by atoms with Crippen molar-refractivity contribution in [3.8, 4) is 0 Å². The van der Waals surface area contributed by atoms with Crippen LogP contribution in [0.25, 0.3) is 0 Å². The highest BCUT2D eigenvalue weighted by atomic mass is 31.2. The van der Waals surface area contributed by atoms with Crippen LogP contribution in [0.15, 0.2) is 0 Å². The van der Waals surface area contributed by atoms with Crippen LogP contribution >= 0.6 is 15.6 Å². The van der Waals surface area contributed by atoms with E-state index in [0.717, 1.165) is 95.8 Å². The van der Waals surface area contributed by atoms with Gasteiger partial charge in [-0.3, -0.25) is 37.3 Å². The molecular weight excluding hydrogens is 1310 g/mol. The standard InChI is InChI=1S/C81H158O17P2/c1-6-9-12-15-18-21-24-27-29-31-35-40-45-50-55-60-65-79(84)92-71-77(98-81(86)67-62-57-52-47-42-37-33-32-34-38-43-48-53-58-63-74(4)5)73-96-100(89,90)94-69-75(82)68-93-99(87,88)95-72-76(70-91-78(83)64-59-54-49-44-39-26-23-20-17-14-11-8-3)97-80(85)66-61-56-51-46-41-36-30-28-25-22-19-16-13-10-7-2/h74-77,82H,6-73H2,1-5H3,(H,87,88)(H,89,90)/t75-,76+,77+/m0/s1. The van der Waals surface area contributed by atoms with Crippen molar-refractivity contribution in [3.05, 3.63) is 0 Å². The van der Waals surface area contributed by atoms with E-state index < -0.39 is 97.5 Å². The summed E-state index contributed by atoms with van der Waals surface area (Å²) in [5, 5.41) is 10.6. The van der Waals surface area contributed by atoms with Crippen molar-refractivity contribution in [2.24, 2.45) is 5.92 Å². The van der Waals surface area contributed by atoms with Gasteiger partial charge in [0.05, 0.1) is 26.4 Å². The van der Waals surface area contributed by atoms with Gasteiger partial charge in [-0.1, -0.05) is 381 Å². The number of aliphatic hydroxyl groups excluding tert-OH is 1. The summed E-state index contributed by atoms with van der Waals surface area (Å²) in [5.41, 5.74) is 0. The van der Waals surface area contributed by atoms with Crippen LogP contribution in [-0.2, 0) is 65.4 Å². The van der Waals surface area contributed by atoms with Crippen LogP contribution < -0.4 is 0 Å². The van der Waals surface area contributed by atoms with Gasteiger partial charge in [0, 0.05) is 25.7 Å². The molecule has 17 nitrogen and oxygen atoms in total. The fourth-order valence-electron chi connectivity index (χ4n) is 12.6. The molecule has 0 rings (SSSR count). The zero-order valence-corrected chi connectivity index (χ0v) is 67.1. The zero-order valence-electron chi connectivity index (χ0n) is 65.3. The molecular formula is C81H158O17P2. The predicted molar refractivity (Wildman–Crippen MR) is 409 cm³/mol. The molecule has 0 saturated carbocycles. The second kappa shape index (κ2) is 73.9. The number of aliphatic hydroxyl groups is 1. The van der Waals surface area contributed by atoms with E-state index >= 15 is 0 Å². The van der Waals surface area contributed by atoms with Gasteiger partial charge in [-0.25, -0.2) is 9.13 Å². The third kappa shape index (κ3) is 74.3. The van der Waals surface area contributed by atoms with Gasteiger partial charge >= 0.3 is 39.5 Å². The Hall–Kier alpha value is -1.94. The monoisotopic (exact) mass is 1470 g/mol. The summed E-state index contributed by atoms with van der Waals surface area (Å²) in [7, 11) is -9.92. The normalized spacial score (nSPS) is 13.8. The van der Waals surface area contributed by atoms with E-state index in [1.807, 2.05) is 0 Å². The van der Waals surface area contributed by atoms with Crippen LogP contribution in [0.5, 0.6) is 0 Å². The minimum absolute atomic E-state index is 0.109. The molecule has 0 aliphatic rings. The first-order chi connectivity index (χ1) is 48.5. The number of hydrogen-bond acceptors (Lipinski definition) is 15. The molecule has 0 radical (unpaired) electrons. The topological polar surface area (TPSA) is 237 Å². The van der Waals surface area contributed by atoms with Gasteiger partial charge in [-0.15, -0.1) is 0 Å². The Morgan fingerprint density at radius 3 is 0.680 bits per heavy atom. The Labute approximate surface area is 613 Å². The molecule has 100 heavy (non-hydrogen) atoms. The molecule has 0 spiro atoms. The van der Waals surface area contributed by atoms with Crippen molar-refractivity contribution in [2.75, 3.05) is 39.6 Å². The predicted octanol–water partition coefficient (Wildman–Crippen LogP) is 24.4. The number of ether oxygens (including phenoxy) is 4. The highest BCUT2D eigenvalue weighted by Gasteiger charge is 2.30. The molecule has 2 unspecified atom stereocenters. The fraction of sp³-hybridized carbons (Fsp3) is 0.951. The summed E-state index contributed by atoms with van der Waals surface area (Å²) in [4.78, 5) is 73.1. The van der Waals surface area contributed by atoms with Gasteiger partial charge in [-0.05, 0) is 31.6 Å². The molecule has 0 amide bonds. The Kier molecular flexibility index (Phi) is 72.5. The summed E-state index contributed by atoms with van der Waals surface area (Å²) in [5.74, 6) is -1.31. The first-order valence-electron chi connectivity index (χ1n) is 42.1. The van der Waals surface area contributed by atoms with Crippen molar-refractivity contribution in [2.45, 2.75) is 451 Å². The van der Waals surface area contributed by atoms with Crippen molar-refractivity contribution < 1.29 is 80.2 Å². The van der Waals surface area contributed by atoms with Gasteiger partial charge in [0.15, 0.2) is 12.2 Å². The summed E-state index contributed by atoms with van der Waals surface area (Å²) < 4.78 is 68.8. The third-order valence-corrected chi connectivity index (χ3v) is 20.9. The van der Waals surface area contributed by atoms with E-state index in [-0.39, 0.29) is 25.7 Å². The van der Waals surface area contributed by atoms with Crippen LogP contribution in [0, 0.1) is 5.92 Å². The van der Waals surface area contributed by atoms with E-state index in [0.29, 0.717) is 25.7 Å². The summed E-state index contributed by atoms with van der Waals surface area (Å²) >= 11 is 0. The average molecular weight is 1470 g/mol. The van der Waals surface area contributed by atoms with Gasteiger partial charge in [-0.2, -0.15) is 0 Å². The molecule has 0 bridgehead atoms. The first kappa shape index (κ1) is 98.1. The number of unbranched alkanes of at least 4 members (excludes halogenated alkanes) is 53. The number of hydrogen-bond donors (Lipinski definition) is 3. The number of carbonyl (C=O) groups excluding carboxylic acids is 4. The lowest BCUT2D eigenvalue weighted by atomic mass is 10.0. The van der Waals surface area contributed by atoms with E-state index in [9.17, 15) is 43.2 Å². The van der Waals surface area contributed by atoms with Crippen LogP contribution in [0.2, 0.25) is 0 Å². The van der Waals surface area contributed by atoms with Crippen LogP contribution in [-0.4, -0.2) is 96.7 Å². The summed E-state index contributed by atoms with van der Waals surface area (Å²) in [6, 6.07) is 0. The Morgan fingerprint density at radius 1 is 0.270 bits per heavy atom. The molecule has 19 heteroatoms. The molecule has 0 aliphatic carbocycles. The lowest BCUT2D eigenvalue weighted by Gasteiger charge is -2.21. The largest absolute Gasteiger partial charge is 0.472 e. The molecule has 0 heterocycles. The van der Waals surface area contributed by atoms with E-state index in [4.69, 9.17) is 37.0 Å². The minimum Gasteiger partial charge on any atom is -0.462 e. The molecule has 0 fully saturated rings. The smallest absolute Gasteiger partial charge is 0.462 e. The van der Waals surface area contributed by atoms with Crippen molar-refractivity contribution in [1.82, 2.24) is 0 Å². The molecule has 3 N–H and O–H groups in total. The number of carbonyl (C=O) groups is 4. The highest BCUT2D eigenvalue weighted by Crippen LogP contribution is 2.45. The maximum absolute atomic E-state index is 13.1. The average Bonchev–Trinajstić information content (AvgIpc) is 0.941. The minimum atomic E-state index is -4.96. The first-order valence-corrected chi connectivity index (χ1v) is 45.1. The van der Waals surface area contributed by atoms with E-state index in [1.54, 1.807) is 0 Å². The quantitative estimate of drug-likeness (QED) is 0.0222. The third-order valence-electron chi connectivity index (χ3n) is 19.0. The second-order valence-electron chi connectivity index (χ2n) is 29.6.